The topological polar surface area (TPSA) is 54.9 Å². The van der Waals surface area contributed by atoms with Crippen molar-refractivity contribution in [3.8, 4) is 10.7 Å². The molecule has 0 aliphatic rings. The number of hydrogen-bond acceptors (Lipinski definition) is 4. The molecule has 128 valence electrons. The van der Waals surface area contributed by atoms with Gasteiger partial charge in [0, 0.05) is 36.0 Å². The van der Waals surface area contributed by atoms with Gasteiger partial charge in [0.25, 0.3) is 0 Å². The van der Waals surface area contributed by atoms with E-state index >= 15 is 0 Å². The molecule has 1 N–H and O–H groups in total. The molecule has 3 rings (SSSR count). The molecule has 4 nitrogen and oxygen atoms in total. The van der Waals surface area contributed by atoms with Gasteiger partial charge in [-0.05, 0) is 36.2 Å². The molecule has 0 fully saturated rings. The number of halogens is 1. The van der Waals surface area contributed by atoms with Crippen molar-refractivity contribution < 1.29 is 4.79 Å². The monoisotopic (exact) mass is 371 g/mol. The number of aryl methyl sites for hydroxylation is 1. The average Bonchev–Trinajstić information content (AvgIpc) is 3.10. The van der Waals surface area contributed by atoms with Gasteiger partial charge in [-0.3, -0.25) is 9.78 Å². The van der Waals surface area contributed by atoms with E-state index in [1.165, 1.54) is 0 Å². The fourth-order valence-corrected chi connectivity index (χ4v) is 3.44. The van der Waals surface area contributed by atoms with Gasteiger partial charge in [0.1, 0.15) is 5.01 Å². The van der Waals surface area contributed by atoms with Crippen LogP contribution in [-0.2, 0) is 17.6 Å². The molecule has 0 bridgehead atoms. The van der Waals surface area contributed by atoms with Gasteiger partial charge in [-0.1, -0.05) is 29.8 Å². The molecule has 0 aliphatic heterocycles. The Kier molecular flexibility index (Phi) is 6.14. The number of amides is 1. The maximum atomic E-state index is 11.9. The molecule has 2 aromatic heterocycles. The van der Waals surface area contributed by atoms with Gasteiger partial charge < -0.3 is 5.32 Å². The van der Waals surface area contributed by atoms with Gasteiger partial charge >= 0.3 is 0 Å². The molecule has 25 heavy (non-hydrogen) atoms. The molecule has 0 spiro atoms. The van der Waals surface area contributed by atoms with Gasteiger partial charge in [-0.15, -0.1) is 11.3 Å². The second-order valence-electron chi connectivity index (χ2n) is 5.59. The first-order valence-corrected chi connectivity index (χ1v) is 9.33. The average molecular weight is 372 g/mol. The predicted molar refractivity (Wildman–Crippen MR) is 102 cm³/mol. The van der Waals surface area contributed by atoms with E-state index in [2.05, 4.69) is 15.3 Å². The highest BCUT2D eigenvalue weighted by molar-refractivity contribution is 7.13. The molecular formula is C19H18ClN3OS. The van der Waals surface area contributed by atoms with Crippen LogP contribution in [-0.4, -0.2) is 22.4 Å². The normalized spacial score (nSPS) is 10.6. The number of pyridine rings is 1. The first-order chi connectivity index (χ1) is 12.2. The van der Waals surface area contributed by atoms with E-state index < -0.39 is 0 Å². The van der Waals surface area contributed by atoms with Crippen LogP contribution < -0.4 is 5.32 Å². The molecule has 0 saturated heterocycles. The van der Waals surface area contributed by atoms with Crippen molar-refractivity contribution in [1.82, 2.24) is 15.3 Å². The summed E-state index contributed by atoms with van der Waals surface area (Å²) in [7, 11) is 0. The lowest BCUT2D eigenvalue weighted by Gasteiger charge is -2.04. The van der Waals surface area contributed by atoms with Crippen molar-refractivity contribution in [2.24, 2.45) is 0 Å². The van der Waals surface area contributed by atoms with Crippen LogP contribution in [0, 0.1) is 0 Å². The maximum absolute atomic E-state index is 11.9. The summed E-state index contributed by atoms with van der Waals surface area (Å²) in [6.45, 7) is 0.583. The van der Waals surface area contributed by atoms with Crippen LogP contribution in [0.2, 0.25) is 5.02 Å². The predicted octanol–water partition coefficient (Wildman–Crippen LogP) is 4.15. The van der Waals surface area contributed by atoms with Crippen LogP contribution in [0.1, 0.15) is 17.7 Å². The van der Waals surface area contributed by atoms with E-state index in [1.807, 2.05) is 47.8 Å². The molecule has 0 atom stereocenters. The van der Waals surface area contributed by atoms with Crippen molar-refractivity contribution in [2.45, 2.75) is 19.3 Å². The summed E-state index contributed by atoms with van der Waals surface area (Å²) in [6, 6.07) is 13.4. The fraction of sp³-hybridized carbons (Fsp3) is 0.211. The lowest BCUT2D eigenvalue weighted by atomic mass is 10.1. The van der Waals surface area contributed by atoms with E-state index in [1.54, 1.807) is 17.5 Å². The Morgan fingerprint density at radius 3 is 2.88 bits per heavy atom. The minimum Gasteiger partial charge on any atom is -0.356 e. The standard InChI is InChI=1S/C19H18ClN3OS/c20-15-5-3-4-14(12-15)7-8-18(24)22-11-9-16-13-25-19(23-16)17-6-1-2-10-21-17/h1-6,10,12-13H,7-9,11H2,(H,22,24). The number of benzene rings is 1. The van der Waals surface area contributed by atoms with Crippen molar-refractivity contribution in [3.05, 3.63) is 70.3 Å². The van der Waals surface area contributed by atoms with Crippen LogP contribution in [0.3, 0.4) is 0 Å². The first-order valence-electron chi connectivity index (χ1n) is 8.07. The Bertz CT molecular complexity index is 835. The second kappa shape index (κ2) is 8.74. The van der Waals surface area contributed by atoms with Crippen LogP contribution in [0.15, 0.2) is 54.0 Å². The third-order valence-corrected chi connectivity index (χ3v) is 4.82. The van der Waals surface area contributed by atoms with Crippen LogP contribution in [0.25, 0.3) is 10.7 Å². The number of aromatic nitrogens is 2. The second-order valence-corrected chi connectivity index (χ2v) is 6.88. The van der Waals surface area contributed by atoms with Crippen LogP contribution in [0.4, 0.5) is 0 Å². The van der Waals surface area contributed by atoms with E-state index in [0.717, 1.165) is 22.0 Å². The van der Waals surface area contributed by atoms with Gasteiger partial charge in [0.05, 0.1) is 11.4 Å². The lowest BCUT2D eigenvalue weighted by Crippen LogP contribution is -2.25. The molecular weight excluding hydrogens is 354 g/mol. The number of carbonyl (C=O) groups is 1. The molecule has 0 radical (unpaired) electrons. The molecule has 1 aromatic carbocycles. The van der Waals surface area contributed by atoms with Crippen LogP contribution >= 0.6 is 22.9 Å². The first kappa shape index (κ1) is 17.6. The summed E-state index contributed by atoms with van der Waals surface area (Å²) in [5, 5.41) is 6.56. The van der Waals surface area contributed by atoms with Gasteiger partial charge in [0.15, 0.2) is 0 Å². The maximum Gasteiger partial charge on any atom is 0.220 e. The molecule has 0 aliphatic carbocycles. The zero-order valence-electron chi connectivity index (χ0n) is 13.6. The summed E-state index contributed by atoms with van der Waals surface area (Å²) >= 11 is 7.52. The minimum atomic E-state index is 0.0418. The largest absolute Gasteiger partial charge is 0.356 e. The molecule has 3 aromatic rings. The Balaban J connectivity index is 1.42. The third-order valence-electron chi connectivity index (χ3n) is 3.67. The molecule has 1 amide bonds. The number of thiazole rings is 1. The highest BCUT2D eigenvalue weighted by Crippen LogP contribution is 2.21. The zero-order chi connectivity index (χ0) is 17.5. The SMILES string of the molecule is O=C(CCc1cccc(Cl)c1)NCCc1csc(-c2ccccn2)n1. The van der Waals surface area contributed by atoms with Gasteiger partial charge in [-0.25, -0.2) is 4.98 Å². The van der Waals surface area contributed by atoms with Gasteiger partial charge in [-0.2, -0.15) is 0 Å². The minimum absolute atomic E-state index is 0.0418. The Morgan fingerprint density at radius 1 is 1.16 bits per heavy atom. The quantitative estimate of drug-likeness (QED) is 0.678. The van der Waals surface area contributed by atoms with E-state index in [9.17, 15) is 4.79 Å². The van der Waals surface area contributed by atoms with E-state index in [-0.39, 0.29) is 5.91 Å². The summed E-state index contributed by atoms with van der Waals surface area (Å²) in [5.41, 5.74) is 2.92. The summed E-state index contributed by atoms with van der Waals surface area (Å²) in [6.07, 6.45) is 3.62. The Hall–Kier alpha value is -2.24. The molecule has 0 unspecified atom stereocenters. The van der Waals surface area contributed by atoms with E-state index in [4.69, 9.17) is 11.6 Å². The zero-order valence-corrected chi connectivity index (χ0v) is 15.2. The molecule has 0 saturated carbocycles. The Morgan fingerprint density at radius 2 is 2.08 bits per heavy atom. The highest BCUT2D eigenvalue weighted by Gasteiger charge is 2.07. The van der Waals surface area contributed by atoms with Crippen LogP contribution in [0.5, 0.6) is 0 Å². The highest BCUT2D eigenvalue weighted by atomic mass is 35.5. The summed E-state index contributed by atoms with van der Waals surface area (Å²) in [4.78, 5) is 20.8. The van der Waals surface area contributed by atoms with Crippen molar-refractivity contribution in [1.29, 1.82) is 0 Å². The Labute approximate surface area is 155 Å². The summed E-state index contributed by atoms with van der Waals surface area (Å²) in [5.74, 6) is 0.0418. The van der Waals surface area contributed by atoms with Crippen molar-refractivity contribution >= 4 is 28.8 Å². The smallest absolute Gasteiger partial charge is 0.220 e. The number of rotatable bonds is 7. The number of nitrogens with zero attached hydrogens (tertiary/aromatic N) is 2. The van der Waals surface area contributed by atoms with Crippen molar-refractivity contribution in [3.63, 3.8) is 0 Å². The molecule has 6 heteroatoms. The fourth-order valence-electron chi connectivity index (χ4n) is 2.40. The number of nitrogens with one attached hydrogen (secondary N) is 1. The third kappa shape index (κ3) is 5.37. The van der Waals surface area contributed by atoms with Crippen molar-refractivity contribution in [2.75, 3.05) is 6.54 Å². The summed E-state index contributed by atoms with van der Waals surface area (Å²) < 4.78 is 0. The van der Waals surface area contributed by atoms with Gasteiger partial charge in [0.2, 0.25) is 5.91 Å². The molecule has 2 heterocycles. The number of hydrogen-bond donors (Lipinski definition) is 1. The van der Waals surface area contributed by atoms with E-state index in [0.29, 0.717) is 30.8 Å². The number of carbonyl (C=O) groups excluding carboxylic acids is 1. The lowest BCUT2D eigenvalue weighted by molar-refractivity contribution is -0.121.